The van der Waals surface area contributed by atoms with E-state index in [9.17, 15) is 4.79 Å². The lowest BCUT2D eigenvalue weighted by atomic mass is 9.84. The highest BCUT2D eigenvalue weighted by Gasteiger charge is 2.38. The minimum atomic E-state index is 0.230. The molecule has 90 valence electrons. The molecule has 3 heterocycles. The molecule has 0 amide bonds. The van der Waals surface area contributed by atoms with E-state index in [-0.39, 0.29) is 11.8 Å². The molecule has 16 heavy (non-hydrogen) atoms. The zero-order valence-corrected chi connectivity index (χ0v) is 9.65. The predicted molar refractivity (Wildman–Crippen MR) is 60.3 cm³/mol. The van der Waals surface area contributed by atoms with Gasteiger partial charge in [0.2, 0.25) is 0 Å². The van der Waals surface area contributed by atoms with Crippen LogP contribution in [-0.2, 0) is 9.53 Å². The summed E-state index contributed by atoms with van der Waals surface area (Å²) < 4.78 is 5.66. The molecular weight excluding hydrogens is 204 g/mol. The molecule has 0 spiro atoms. The Hall–Kier alpha value is -0.450. The lowest BCUT2D eigenvalue weighted by Crippen LogP contribution is -2.57. The van der Waals surface area contributed by atoms with Crippen LogP contribution in [0.15, 0.2) is 0 Å². The summed E-state index contributed by atoms with van der Waals surface area (Å²) in [7, 11) is 0. The van der Waals surface area contributed by atoms with Crippen LogP contribution in [0.3, 0.4) is 0 Å². The molecule has 0 saturated carbocycles. The number of hydrogen-bond acceptors (Lipinski definition) is 4. The van der Waals surface area contributed by atoms with Crippen LogP contribution >= 0.6 is 0 Å². The van der Waals surface area contributed by atoms with E-state index in [1.165, 1.54) is 12.8 Å². The van der Waals surface area contributed by atoms with Crippen molar-refractivity contribution in [1.82, 2.24) is 10.2 Å². The molecule has 3 rings (SSSR count). The first-order valence-electron chi connectivity index (χ1n) is 6.41. The lowest BCUT2D eigenvalue weighted by molar-refractivity contribution is -0.133. The molecule has 0 aromatic carbocycles. The van der Waals surface area contributed by atoms with E-state index in [1.54, 1.807) is 0 Å². The Kier molecular flexibility index (Phi) is 2.96. The first kappa shape index (κ1) is 10.7. The van der Waals surface area contributed by atoms with Gasteiger partial charge in [0.15, 0.2) is 0 Å². The van der Waals surface area contributed by atoms with Gasteiger partial charge in [-0.2, -0.15) is 0 Å². The van der Waals surface area contributed by atoms with Gasteiger partial charge in [0.1, 0.15) is 5.78 Å². The Morgan fingerprint density at radius 3 is 2.69 bits per heavy atom. The lowest BCUT2D eigenvalue weighted by Gasteiger charge is -2.41. The quantitative estimate of drug-likeness (QED) is 0.710. The number of nitrogens with zero attached hydrogens (tertiary/aromatic N) is 1. The number of nitrogens with one attached hydrogen (secondary N) is 1. The maximum Gasteiger partial charge on any atom is 0.144 e. The minimum absolute atomic E-state index is 0.230. The van der Waals surface area contributed by atoms with E-state index in [0.29, 0.717) is 11.9 Å². The van der Waals surface area contributed by atoms with Crippen molar-refractivity contribution in [3.63, 3.8) is 0 Å². The number of piperidine rings is 2. The molecule has 3 unspecified atom stereocenters. The Morgan fingerprint density at radius 2 is 2.06 bits per heavy atom. The number of carbonyl (C=O) groups excluding carboxylic acids is 1. The van der Waals surface area contributed by atoms with Crippen molar-refractivity contribution in [2.75, 3.05) is 39.3 Å². The summed E-state index contributed by atoms with van der Waals surface area (Å²) in [5.41, 5.74) is 0. The highest BCUT2D eigenvalue weighted by molar-refractivity contribution is 5.85. The highest BCUT2D eigenvalue weighted by atomic mass is 16.5. The van der Waals surface area contributed by atoms with Crippen molar-refractivity contribution in [1.29, 1.82) is 0 Å². The maximum atomic E-state index is 11.9. The number of Topliss-reactive ketones (excluding diaryl/α,β-unsaturated/α-hetero) is 1. The number of rotatable bonds is 2. The van der Waals surface area contributed by atoms with Crippen LogP contribution in [0.2, 0.25) is 0 Å². The molecule has 4 nitrogen and oxygen atoms in total. The van der Waals surface area contributed by atoms with Gasteiger partial charge in [-0.3, -0.25) is 9.69 Å². The molecule has 1 N–H and O–H groups in total. The van der Waals surface area contributed by atoms with Crippen molar-refractivity contribution < 1.29 is 9.53 Å². The molecule has 3 aliphatic rings. The van der Waals surface area contributed by atoms with Crippen LogP contribution in [0.25, 0.3) is 0 Å². The molecular formula is C12H20N2O2. The second kappa shape index (κ2) is 4.43. The number of likely N-dealkylation sites (tertiary alicyclic amines) is 1. The van der Waals surface area contributed by atoms with E-state index in [4.69, 9.17) is 4.74 Å². The molecule has 0 aliphatic carbocycles. The van der Waals surface area contributed by atoms with Gasteiger partial charge in [-0.05, 0) is 12.8 Å². The van der Waals surface area contributed by atoms with Gasteiger partial charge in [-0.25, -0.2) is 0 Å². The highest BCUT2D eigenvalue weighted by Crippen LogP contribution is 2.23. The minimum Gasteiger partial charge on any atom is -0.377 e. The normalized spacial score (nSPS) is 40.2. The van der Waals surface area contributed by atoms with Gasteiger partial charge in [-0.1, -0.05) is 0 Å². The molecule has 0 aromatic rings. The third kappa shape index (κ3) is 2.01. The standard InChI is InChI=1S/C12H20N2O2/c15-12-9-4-13-5-10(12)7-14(6-9)8-11-2-1-3-16-11/h9-11,13H,1-8H2. The van der Waals surface area contributed by atoms with Crippen molar-refractivity contribution in [3.8, 4) is 0 Å². The molecule has 3 atom stereocenters. The average molecular weight is 224 g/mol. The topological polar surface area (TPSA) is 41.6 Å². The van der Waals surface area contributed by atoms with E-state index < -0.39 is 0 Å². The van der Waals surface area contributed by atoms with E-state index in [2.05, 4.69) is 10.2 Å². The fourth-order valence-corrected chi connectivity index (χ4v) is 3.20. The number of ketones is 1. The molecule has 0 radical (unpaired) electrons. The Labute approximate surface area is 96.3 Å². The van der Waals surface area contributed by atoms with Gasteiger partial charge in [0, 0.05) is 51.2 Å². The van der Waals surface area contributed by atoms with E-state index in [0.717, 1.165) is 39.3 Å². The third-order valence-corrected chi connectivity index (χ3v) is 4.03. The Balaban J connectivity index is 1.59. The van der Waals surface area contributed by atoms with Crippen LogP contribution in [0.5, 0.6) is 0 Å². The summed E-state index contributed by atoms with van der Waals surface area (Å²) in [6.45, 7) is 5.56. The SMILES string of the molecule is O=C1C2CNCC1CN(CC1CCCO1)C2. The number of fused-ring (bicyclic) bond motifs is 2. The molecule has 3 aliphatic heterocycles. The summed E-state index contributed by atoms with van der Waals surface area (Å²) in [6, 6.07) is 0. The van der Waals surface area contributed by atoms with Crippen LogP contribution in [0.1, 0.15) is 12.8 Å². The third-order valence-electron chi connectivity index (χ3n) is 4.03. The van der Waals surface area contributed by atoms with Gasteiger partial charge in [0.25, 0.3) is 0 Å². The van der Waals surface area contributed by atoms with Gasteiger partial charge in [0.05, 0.1) is 6.10 Å². The fourth-order valence-electron chi connectivity index (χ4n) is 3.20. The summed E-state index contributed by atoms with van der Waals surface area (Å²) in [6.07, 6.45) is 2.81. The average Bonchev–Trinajstić information content (AvgIpc) is 2.72. The molecule has 2 bridgehead atoms. The summed E-state index contributed by atoms with van der Waals surface area (Å²) >= 11 is 0. The van der Waals surface area contributed by atoms with Crippen LogP contribution in [-0.4, -0.2) is 56.1 Å². The molecule has 3 fully saturated rings. The Morgan fingerprint density at radius 1 is 1.31 bits per heavy atom. The number of carbonyl (C=O) groups is 1. The van der Waals surface area contributed by atoms with Gasteiger partial charge >= 0.3 is 0 Å². The summed E-state index contributed by atoms with van der Waals surface area (Å²) in [5, 5.41) is 3.35. The van der Waals surface area contributed by atoms with Gasteiger partial charge < -0.3 is 10.1 Å². The maximum absolute atomic E-state index is 11.9. The van der Waals surface area contributed by atoms with Crippen LogP contribution < -0.4 is 5.32 Å². The second-order valence-corrected chi connectivity index (χ2v) is 5.31. The predicted octanol–water partition coefficient (Wildman–Crippen LogP) is -0.114. The second-order valence-electron chi connectivity index (χ2n) is 5.31. The first-order chi connectivity index (χ1) is 7.83. The fraction of sp³-hybridized carbons (Fsp3) is 0.917. The zero-order chi connectivity index (χ0) is 11.0. The van der Waals surface area contributed by atoms with Gasteiger partial charge in [-0.15, -0.1) is 0 Å². The van der Waals surface area contributed by atoms with E-state index >= 15 is 0 Å². The largest absolute Gasteiger partial charge is 0.377 e. The van der Waals surface area contributed by atoms with Crippen molar-refractivity contribution >= 4 is 5.78 Å². The van der Waals surface area contributed by atoms with Crippen LogP contribution in [0.4, 0.5) is 0 Å². The van der Waals surface area contributed by atoms with Crippen molar-refractivity contribution in [3.05, 3.63) is 0 Å². The van der Waals surface area contributed by atoms with Crippen LogP contribution in [0, 0.1) is 11.8 Å². The smallest absolute Gasteiger partial charge is 0.144 e. The summed E-state index contributed by atoms with van der Waals surface area (Å²) in [5.74, 6) is 0.949. The molecule has 0 aromatic heterocycles. The van der Waals surface area contributed by atoms with Crippen molar-refractivity contribution in [2.24, 2.45) is 11.8 Å². The monoisotopic (exact) mass is 224 g/mol. The number of hydrogen-bond donors (Lipinski definition) is 1. The van der Waals surface area contributed by atoms with E-state index in [1.807, 2.05) is 0 Å². The first-order valence-corrected chi connectivity index (χ1v) is 6.41. The molecule has 3 saturated heterocycles. The molecule has 4 heteroatoms. The Bertz CT molecular complexity index is 260. The number of ether oxygens (including phenoxy) is 1. The zero-order valence-electron chi connectivity index (χ0n) is 9.65. The summed E-state index contributed by atoms with van der Waals surface area (Å²) in [4.78, 5) is 14.3. The van der Waals surface area contributed by atoms with Crippen molar-refractivity contribution in [2.45, 2.75) is 18.9 Å².